The van der Waals surface area contributed by atoms with Crippen molar-refractivity contribution in [1.82, 2.24) is 0 Å². The monoisotopic (exact) mass is 354 g/mol. The molecule has 4 fully saturated rings. The first-order valence-corrected chi connectivity index (χ1v) is 9.58. The quantitative estimate of drug-likeness (QED) is 0.571. The van der Waals surface area contributed by atoms with Gasteiger partial charge in [0.25, 0.3) is 0 Å². The molecule has 0 N–H and O–H groups in total. The zero-order valence-corrected chi connectivity index (χ0v) is 15.3. The van der Waals surface area contributed by atoms with Gasteiger partial charge in [0.1, 0.15) is 5.75 Å². The predicted octanol–water partition coefficient (Wildman–Crippen LogP) is 4.04. The molecule has 0 radical (unpaired) electrons. The Balaban J connectivity index is 1.33. The summed E-state index contributed by atoms with van der Waals surface area (Å²) in [5, 5.41) is 0. The van der Waals surface area contributed by atoms with E-state index in [0.29, 0.717) is 17.8 Å². The van der Waals surface area contributed by atoms with Crippen LogP contribution in [0.5, 0.6) is 5.75 Å². The van der Waals surface area contributed by atoms with Gasteiger partial charge in [-0.25, -0.2) is 4.79 Å². The van der Waals surface area contributed by atoms with Crippen molar-refractivity contribution in [3.63, 3.8) is 0 Å². The van der Waals surface area contributed by atoms with E-state index in [4.69, 9.17) is 9.47 Å². The molecule has 0 saturated heterocycles. The molecular weight excluding hydrogens is 328 g/mol. The highest BCUT2D eigenvalue weighted by Gasteiger charge is 2.54. The molecule has 4 saturated carbocycles. The van der Waals surface area contributed by atoms with E-state index in [9.17, 15) is 9.59 Å². The number of rotatable bonds is 6. The second-order valence-electron chi connectivity index (χ2n) is 8.34. The van der Waals surface area contributed by atoms with Crippen molar-refractivity contribution in [3.05, 3.63) is 35.9 Å². The van der Waals surface area contributed by atoms with Crippen LogP contribution in [0.4, 0.5) is 0 Å². The van der Waals surface area contributed by atoms with Crippen LogP contribution < -0.4 is 4.74 Å². The van der Waals surface area contributed by atoms with Gasteiger partial charge < -0.3 is 9.47 Å². The molecule has 0 heterocycles. The van der Waals surface area contributed by atoms with Gasteiger partial charge in [0.05, 0.1) is 7.11 Å². The SMILES string of the molecule is COc1cccc(C=CC(=O)OCC(=O)C23CC4CC(CC(C4)C2)C3)c1. The van der Waals surface area contributed by atoms with Gasteiger partial charge in [-0.3, -0.25) is 4.79 Å². The lowest BCUT2D eigenvalue weighted by Crippen LogP contribution is -2.51. The summed E-state index contributed by atoms with van der Waals surface area (Å²) in [6, 6.07) is 7.43. The Bertz CT molecular complexity index is 698. The summed E-state index contributed by atoms with van der Waals surface area (Å²) >= 11 is 0. The zero-order valence-electron chi connectivity index (χ0n) is 15.3. The first-order valence-electron chi connectivity index (χ1n) is 9.58. The van der Waals surface area contributed by atoms with Crippen LogP contribution in [0, 0.1) is 23.2 Å². The number of carbonyl (C=O) groups excluding carboxylic acids is 2. The van der Waals surface area contributed by atoms with E-state index < -0.39 is 5.97 Å². The fraction of sp³-hybridized carbons (Fsp3) is 0.545. The van der Waals surface area contributed by atoms with Gasteiger partial charge in [0.2, 0.25) is 0 Å². The molecule has 0 amide bonds. The molecule has 0 atom stereocenters. The van der Waals surface area contributed by atoms with E-state index in [1.54, 1.807) is 13.2 Å². The van der Waals surface area contributed by atoms with Crippen molar-refractivity contribution in [2.45, 2.75) is 38.5 Å². The van der Waals surface area contributed by atoms with Gasteiger partial charge in [-0.1, -0.05) is 12.1 Å². The number of ether oxygens (including phenoxy) is 2. The normalized spacial score (nSPS) is 32.0. The molecule has 5 rings (SSSR count). The van der Waals surface area contributed by atoms with E-state index in [2.05, 4.69) is 0 Å². The smallest absolute Gasteiger partial charge is 0.331 e. The standard InChI is InChI=1S/C22H26O4/c1-25-19-4-2-3-15(10-19)5-6-21(24)26-14-20(23)22-11-16-7-17(12-22)9-18(8-16)13-22/h2-6,10,16-18H,7-9,11-14H2,1H3. The number of benzene rings is 1. The largest absolute Gasteiger partial charge is 0.497 e. The molecule has 4 nitrogen and oxygen atoms in total. The minimum absolute atomic E-state index is 0.0898. The Hall–Kier alpha value is -2.10. The third-order valence-electron chi connectivity index (χ3n) is 6.48. The van der Waals surface area contributed by atoms with Crippen molar-refractivity contribution in [2.75, 3.05) is 13.7 Å². The number of carbonyl (C=O) groups is 2. The third kappa shape index (κ3) is 3.42. The Morgan fingerprint density at radius 3 is 2.38 bits per heavy atom. The molecule has 0 aliphatic heterocycles. The number of hydrogen-bond donors (Lipinski definition) is 0. The van der Waals surface area contributed by atoms with Crippen molar-refractivity contribution >= 4 is 17.8 Å². The third-order valence-corrected chi connectivity index (χ3v) is 6.48. The molecule has 4 bridgehead atoms. The second kappa shape index (κ2) is 6.90. The summed E-state index contributed by atoms with van der Waals surface area (Å²) < 4.78 is 10.4. The van der Waals surface area contributed by atoms with Crippen LogP contribution in [0.2, 0.25) is 0 Å². The maximum absolute atomic E-state index is 12.8. The summed E-state index contributed by atoms with van der Waals surface area (Å²) in [5.74, 6) is 2.56. The topological polar surface area (TPSA) is 52.6 Å². The first-order chi connectivity index (χ1) is 12.6. The fourth-order valence-electron chi connectivity index (χ4n) is 5.70. The average molecular weight is 354 g/mol. The highest BCUT2D eigenvalue weighted by Crippen LogP contribution is 2.60. The molecule has 0 aromatic heterocycles. The van der Waals surface area contributed by atoms with Crippen LogP contribution >= 0.6 is 0 Å². The fourth-order valence-corrected chi connectivity index (χ4v) is 5.70. The second-order valence-corrected chi connectivity index (χ2v) is 8.34. The minimum Gasteiger partial charge on any atom is -0.497 e. The Kier molecular flexibility index (Phi) is 4.60. The molecule has 0 unspecified atom stereocenters. The van der Waals surface area contributed by atoms with Gasteiger partial charge in [0.15, 0.2) is 12.4 Å². The number of esters is 1. The van der Waals surface area contributed by atoms with Crippen molar-refractivity contribution in [1.29, 1.82) is 0 Å². The summed E-state index contributed by atoms with van der Waals surface area (Å²) in [6.07, 6.45) is 9.99. The molecule has 4 aliphatic carbocycles. The Morgan fingerprint density at radius 1 is 1.12 bits per heavy atom. The zero-order chi connectivity index (χ0) is 18.1. The first kappa shape index (κ1) is 17.3. The van der Waals surface area contributed by atoms with Crippen LogP contribution in [0.1, 0.15) is 44.1 Å². The lowest BCUT2D eigenvalue weighted by atomic mass is 9.48. The van der Waals surface area contributed by atoms with Crippen LogP contribution in [-0.4, -0.2) is 25.5 Å². The lowest BCUT2D eigenvalue weighted by Gasteiger charge is -2.55. The molecule has 1 aromatic rings. The number of hydrogen-bond acceptors (Lipinski definition) is 4. The van der Waals surface area contributed by atoms with E-state index in [-0.39, 0.29) is 17.8 Å². The maximum Gasteiger partial charge on any atom is 0.331 e. The van der Waals surface area contributed by atoms with Crippen molar-refractivity contribution in [3.8, 4) is 5.75 Å². The van der Waals surface area contributed by atoms with E-state index >= 15 is 0 Å². The summed E-state index contributed by atoms with van der Waals surface area (Å²) in [4.78, 5) is 24.9. The molecule has 4 aliphatic rings. The average Bonchev–Trinajstić information content (AvgIpc) is 2.63. The molecular formula is C22H26O4. The number of ketones is 1. The van der Waals surface area contributed by atoms with E-state index in [1.807, 2.05) is 24.3 Å². The molecule has 1 aromatic carbocycles. The summed E-state index contributed by atoms with van der Waals surface area (Å²) in [7, 11) is 1.60. The van der Waals surface area contributed by atoms with Crippen LogP contribution in [-0.2, 0) is 14.3 Å². The highest BCUT2D eigenvalue weighted by atomic mass is 16.5. The number of methoxy groups -OCH3 is 1. The van der Waals surface area contributed by atoms with Crippen LogP contribution in [0.25, 0.3) is 6.08 Å². The Morgan fingerprint density at radius 2 is 1.77 bits per heavy atom. The molecule has 4 heteroatoms. The van der Waals surface area contributed by atoms with Crippen molar-refractivity contribution in [2.24, 2.45) is 23.2 Å². The van der Waals surface area contributed by atoms with Crippen LogP contribution in [0.15, 0.2) is 30.3 Å². The molecule has 26 heavy (non-hydrogen) atoms. The Labute approximate surface area is 154 Å². The van der Waals surface area contributed by atoms with Gasteiger partial charge >= 0.3 is 5.97 Å². The van der Waals surface area contributed by atoms with Gasteiger partial charge in [0, 0.05) is 11.5 Å². The highest BCUT2D eigenvalue weighted by molar-refractivity contribution is 5.91. The van der Waals surface area contributed by atoms with Crippen molar-refractivity contribution < 1.29 is 19.1 Å². The maximum atomic E-state index is 12.8. The molecule has 138 valence electrons. The van der Waals surface area contributed by atoms with Gasteiger partial charge in [-0.15, -0.1) is 0 Å². The van der Waals surface area contributed by atoms with Gasteiger partial charge in [-0.2, -0.15) is 0 Å². The minimum atomic E-state index is -0.467. The van der Waals surface area contributed by atoms with E-state index in [1.165, 1.54) is 25.3 Å². The van der Waals surface area contributed by atoms with Gasteiger partial charge in [-0.05, 0) is 80.1 Å². The molecule has 0 spiro atoms. The summed E-state index contributed by atoms with van der Waals surface area (Å²) in [5.41, 5.74) is 0.652. The van der Waals surface area contributed by atoms with Crippen LogP contribution in [0.3, 0.4) is 0 Å². The van der Waals surface area contributed by atoms with E-state index in [0.717, 1.165) is 30.6 Å². The summed E-state index contributed by atoms with van der Waals surface area (Å²) in [6.45, 7) is -0.0898. The predicted molar refractivity (Wildman–Crippen MR) is 98.6 cm³/mol. The lowest BCUT2D eigenvalue weighted by molar-refractivity contribution is -0.155. The number of Topliss-reactive ketones (excluding diaryl/α,β-unsaturated/α-hetero) is 1.